The number of benzene rings is 1. The number of hydrogen-bond donors (Lipinski definition) is 2. The van der Waals surface area contributed by atoms with Crippen LogP contribution in [-0.2, 0) is 11.2 Å². The number of rotatable bonds is 5. The summed E-state index contributed by atoms with van der Waals surface area (Å²) in [7, 11) is 0. The summed E-state index contributed by atoms with van der Waals surface area (Å²) in [5.41, 5.74) is 2.06. The van der Waals surface area contributed by atoms with E-state index in [1.807, 2.05) is 25.1 Å². The molecule has 25 heavy (non-hydrogen) atoms. The molecular weight excluding hydrogens is 356 g/mol. The van der Waals surface area contributed by atoms with Gasteiger partial charge in [-0.05, 0) is 55.6 Å². The highest BCUT2D eigenvalue weighted by atomic mass is 32.1. The Balaban J connectivity index is 1.51. The number of hydrogen-bond acceptors (Lipinski definition) is 5. The molecule has 1 aliphatic carbocycles. The Labute approximate surface area is 155 Å². The fourth-order valence-electron chi connectivity index (χ4n) is 3.13. The maximum absolute atomic E-state index is 12.6. The number of fused-ring (bicyclic) bond motifs is 1. The standard InChI is InChI=1S/C18H20N2O3S2/c1-10-15(25-18(24)19-10)9-16(21)20-17(11-2-3-11)12-4-5-13-14(8-12)23-7-6-22-13/h4-5,8,11,17H,2-3,6-7,9H2,1H3,(H,19,24)(H,20,21). The molecule has 1 amide bonds. The van der Waals surface area contributed by atoms with Crippen molar-refractivity contribution in [2.45, 2.75) is 32.2 Å². The molecule has 0 bridgehead atoms. The topological polar surface area (TPSA) is 63.4 Å². The fraction of sp³-hybridized carbons (Fsp3) is 0.444. The molecule has 0 spiro atoms. The third-order valence-electron chi connectivity index (χ3n) is 4.58. The van der Waals surface area contributed by atoms with E-state index in [4.69, 9.17) is 21.7 Å². The smallest absolute Gasteiger partial charge is 0.225 e. The van der Waals surface area contributed by atoms with Crippen molar-refractivity contribution in [2.24, 2.45) is 5.92 Å². The molecule has 2 aliphatic rings. The normalized spacial score (nSPS) is 17.2. The van der Waals surface area contributed by atoms with E-state index in [2.05, 4.69) is 10.3 Å². The third-order valence-corrected chi connectivity index (χ3v) is 5.92. The third kappa shape index (κ3) is 3.72. The van der Waals surface area contributed by atoms with Crippen LogP contribution in [0, 0.1) is 16.8 Å². The molecule has 1 fully saturated rings. The van der Waals surface area contributed by atoms with E-state index >= 15 is 0 Å². The van der Waals surface area contributed by atoms with Gasteiger partial charge >= 0.3 is 0 Å². The number of ether oxygens (including phenoxy) is 2. The van der Waals surface area contributed by atoms with Crippen molar-refractivity contribution in [1.82, 2.24) is 10.3 Å². The van der Waals surface area contributed by atoms with Gasteiger partial charge in [-0.1, -0.05) is 6.07 Å². The molecule has 1 unspecified atom stereocenters. The minimum Gasteiger partial charge on any atom is -0.486 e. The van der Waals surface area contributed by atoms with E-state index < -0.39 is 0 Å². The number of carbonyl (C=O) groups excluding carboxylic acids is 1. The lowest BCUT2D eigenvalue weighted by Gasteiger charge is -2.23. The van der Waals surface area contributed by atoms with Crippen molar-refractivity contribution >= 4 is 29.5 Å². The van der Waals surface area contributed by atoms with Gasteiger partial charge in [-0.15, -0.1) is 11.3 Å². The second-order valence-corrected chi connectivity index (χ2v) is 8.30. The first-order valence-corrected chi connectivity index (χ1v) is 9.70. The molecule has 1 atom stereocenters. The van der Waals surface area contributed by atoms with E-state index in [-0.39, 0.29) is 11.9 Å². The van der Waals surface area contributed by atoms with Gasteiger partial charge in [0.15, 0.2) is 15.5 Å². The molecule has 7 heteroatoms. The lowest BCUT2D eigenvalue weighted by molar-refractivity contribution is -0.121. The van der Waals surface area contributed by atoms with Gasteiger partial charge in [-0.25, -0.2) is 0 Å². The largest absolute Gasteiger partial charge is 0.486 e. The van der Waals surface area contributed by atoms with Crippen molar-refractivity contribution in [1.29, 1.82) is 0 Å². The number of H-pyrrole nitrogens is 1. The van der Waals surface area contributed by atoms with E-state index in [1.165, 1.54) is 11.3 Å². The minimum atomic E-state index is 0.0237. The van der Waals surface area contributed by atoms with Crippen LogP contribution in [0.1, 0.15) is 35.0 Å². The van der Waals surface area contributed by atoms with E-state index in [0.717, 1.165) is 40.5 Å². The number of amides is 1. The second-order valence-electron chi connectivity index (χ2n) is 6.53. The number of aryl methyl sites for hydroxylation is 1. The summed E-state index contributed by atoms with van der Waals surface area (Å²) in [5, 5.41) is 3.21. The molecule has 1 saturated carbocycles. The minimum absolute atomic E-state index is 0.0237. The molecule has 2 heterocycles. The van der Waals surface area contributed by atoms with Gasteiger partial charge in [0.05, 0.1) is 12.5 Å². The first-order chi connectivity index (χ1) is 12.1. The molecule has 132 valence electrons. The lowest BCUT2D eigenvalue weighted by atomic mass is 10.0. The Kier molecular flexibility index (Phi) is 4.52. The van der Waals surface area contributed by atoms with Crippen LogP contribution < -0.4 is 14.8 Å². The van der Waals surface area contributed by atoms with Gasteiger partial charge < -0.3 is 19.8 Å². The van der Waals surface area contributed by atoms with Gasteiger partial charge in [0.1, 0.15) is 13.2 Å². The number of aromatic amines is 1. The van der Waals surface area contributed by atoms with E-state index in [0.29, 0.717) is 29.5 Å². The van der Waals surface area contributed by atoms with Crippen LogP contribution in [-0.4, -0.2) is 24.1 Å². The van der Waals surface area contributed by atoms with Gasteiger partial charge in [-0.2, -0.15) is 0 Å². The van der Waals surface area contributed by atoms with Crippen molar-refractivity contribution in [3.8, 4) is 11.5 Å². The number of carbonyl (C=O) groups is 1. The summed E-state index contributed by atoms with van der Waals surface area (Å²) in [6.45, 7) is 3.10. The maximum atomic E-state index is 12.6. The molecule has 1 aromatic heterocycles. The highest BCUT2D eigenvalue weighted by Gasteiger charge is 2.34. The molecule has 0 saturated heterocycles. The quantitative estimate of drug-likeness (QED) is 0.781. The van der Waals surface area contributed by atoms with Crippen LogP contribution >= 0.6 is 23.6 Å². The Hall–Kier alpha value is -1.86. The average Bonchev–Trinajstić information content (AvgIpc) is 3.38. The summed E-state index contributed by atoms with van der Waals surface area (Å²) < 4.78 is 12.0. The van der Waals surface area contributed by atoms with Crippen molar-refractivity contribution in [3.63, 3.8) is 0 Å². The molecular formula is C18H20N2O3S2. The number of thiazole rings is 1. The van der Waals surface area contributed by atoms with Gasteiger partial charge in [0, 0.05) is 10.6 Å². The summed E-state index contributed by atoms with van der Waals surface area (Å²) in [6, 6.07) is 5.99. The van der Waals surface area contributed by atoms with Crippen molar-refractivity contribution in [3.05, 3.63) is 38.3 Å². The molecule has 1 aliphatic heterocycles. The average molecular weight is 377 g/mol. The molecule has 0 radical (unpaired) electrons. The number of aromatic nitrogens is 1. The Morgan fingerprint density at radius 3 is 2.80 bits per heavy atom. The highest BCUT2D eigenvalue weighted by molar-refractivity contribution is 7.73. The van der Waals surface area contributed by atoms with Crippen LogP contribution in [0.3, 0.4) is 0 Å². The highest BCUT2D eigenvalue weighted by Crippen LogP contribution is 2.43. The van der Waals surface area contributed by atoms with Gasteiger partial charge in [0.2, 0.25) is 5.91 Å². The predicted molar refractivity (Wildman–Crippen MR) is 99.0 cm³/mol. The monoisotopic (exact) mass is 376 g/mol. The molecule has 2 aromatic rings. The lowest BCUT2D eigenvalue weighted by Crippen LogP contribution is -2.31. The fourth-order valence-corrected chi connectivity index (χ4v) is 4.42. The van der Waals surface area contributed by atoms with Gasteiger partial charge in [0.25, 0.3) is 0 Å². The van der Waals surface area contributed by atoms with Crippen LogP contribution in [0.5, 0.6) is 11.5 Å². The van der Waals surface area contributed by atoms with Crippen LogP contribution in [0.15, 0.2) is 18.2 Å². The van der Waals surface area contributed by atoms with E-state index in [9.17, 15) is 4.79 Å². The first-order valence-electron chi connectivity index (χ1n) is 8.47. The summed E-state index contributed by atoms with van der Waals surface area (Å²) in [6.07, 6.45) is 2.64. The summed E-state index contributed by atoms with van der Waals surface area (Å²) in [4.78, 5) is 16.7. The summed E-state index contributed by atoms with van der Waals surface area (Å²) in [5.74, 6) is 2.07. The Bertz CT molecular complexity index is 854. The van der Waals surface area contributed by atoms with Gasteiger partial charge in [-0.3, -0.25) is 4.79 Å². The molecule has 1 aromatic carbocycles. The zero-order valence-corrected chi connectivity index (χ0v) is 15.6. The zero-order valence-electron chi connectivity index (χ0n) is 14.0. The van der Waals surface area contributed by atoms with E-state index in [1.54, 1.807) is 0 Å². The van der Waals surface area contributed by atoms with Crippen LogP contribution in [0.4, 0.5) is 0 Å². The maximum Gasteiger partial charge on any atom is 0.225 e. The second kappa shape index (κ2) is 6.80. The van der Waals surface area contributed by atoms with Crippen molar-refractivity contribution < 1.29 is 14.3 Å². The summed E-state index contributed by atoms with van der Waals surface area (Å²) >= 11 is 6.62. The molecule has 4 rings (SSSR count). The predicted octanol–water partition coefficient (Wildman–Crippen LogP) is 3.70. The zero-order chi connectivity index (χ0) is 17.4. The van der Waals surface area contributed by atoms with Crippen LogP contribution in [0.2, 0.25) is 0 Å². The molecule has 5 nitrogen and oxygen atoms in total. The Morgan fingerprint density at radius 2 is 2.12 bits per heavy atom. The van der Waals surface area contributed by atoms with Crippen LogP contribution in [0.25, 0.3) is 0 Å². The number of nitrogens with one attached hydrogen (secondary N) is 2. The molecule has 2 N–H and O–H groups in total. The Morgan fingerprint density at radius 1 is 1.36 bits per heavy atom. The first kappa shape index (κ1) is 16.6. The van der Waals surface area contributed by atoms with Crippen molar-refractivity contribution in [2.75, 3.05) is 13.2 Å². The SMILES string of the molecule is Cc1[nH]c(=S)sc1CC(=O)NC(c1ccc2c(c1)OCCO2)C1CC1.